The van der Waals surface area contributed by atoms with E-state index in [1.165, 1.54) is 6.07 Å². The minimum atomic E-state index is -0.462. The standard InChI is InChI=1S/C24H26FN7/c1-14-18-11-15(4-6-22(18)31(2)30-14)19-13-28-24(32-9-7-17(26)8-10-32)29-23(19)16-3-5-21(27)20(25)12-16/h3-6,11-13,17H,7-10,26-27H2,1-2H3. The van der Waals surface area contributed by atoms with E-state index in [2.05, 4.69) is 21.0 Å². The van der Waals surface area contributed by atoms with Crippen LogP contribution in [0.1, 0.15) is 18.5 Å². The van der Waals surface area contributed by atoms with Gasteiger partial charge in [-0.1, -0.05) is 12.1 Å². The summed E-state index contributed by atoms with van der Waals surface area (Å²) in [5.74, 6) is 0.169. The second-order valence-corrected chi connectivity index (χ2v) is 8.43. The van der Waals surface area contributed by atoms with E-state index in [1.54, 1.807) is 12.1 Å². The van der Waals surface area contributed by atoms with Crippen molar-refractivity contribution in [1.29, 1.82) is 0 Å². The van der Waals surface area contributed by atoms with Crippen LogP contribution in [0.4, 0.5) is 16.0 Å². The third-order valence-electron chi connectivity index (χ3n) is 6.22. The van der Waals surface area contributed by atoms with Gasteiger partial charge in [0.15, 0.2) is 0 Å². The monoisotopic (exact) mass is 431 g/mol. The second-order valence-electron chi connectivity index (χ2n) is 8.43. The quantitative estimate of drug-likeness (QED) is 0.481. The molecule has 0 unspecified atom stereocenters. The zero-order chi connectivity index (χ0) is 22.4. The third-order valence-corrected chi connectivity index (χ3v) is 6.22. The molecule has 4 aromatic rings. The molecule has 2 aromatic heterocycles. The van der Waals surface area contributed by atoms with Crippen LogP contribution in [0, 0.1) is 12.7 Å². The van der Waals surface area contributed by atoms with Crippen molar-refractivity contribution in [3.8, 4) is 22.4 Å². The number of piperidine rings is 1. The highest BCUT2D eigenvalue weighted by Gasteiger charge is 2.21. The van der Waals surface area contributed by atoms with Gasteiger partial charge in [-0.2, -0.15) is 5.10 Å². The lowest BCUT2D eigenvalue weighted by Gasteiger charge is -2.30. The molecule has 0 saturated carbocycles. The van der Waals surface area contributed by atoms with E-state index in [0.29, 0.717) is 17.2 Å². The molecular weight excluding hydrogens is 405 g/mol. The van der Waals surface area contributed by atoms with Crippen LogP contribution < -0.4 is 16.4 Å². The maximum Gasteiger partial charge on any atom is 0.225 e. The number of nitrogens with two attached hydrogens (primary N) is 2. The summed E-state index contributed by atoms with van der Waals surface area (Å²) in [7, 11) is 1.93. The van der Waals surface area contributed by atoms with Crippen LogP contribution >= 0.6 is 0 Å². The van der Waals surface area contributed by atoms with Gasteiger partial charge in [0, 0.05) is 48.9 Å². The molecule has 5 rings (SSSR count). The Morgan fingerprint density at radius 2 is 1.81 bits per heavy atom. The summed E-state index contributed by atoms with van der Waals surface area (Å²) in [4.78, 5) is 11.7. The Hall–Kier alpha value is -3.52. The van der Waals surface area contributed by atoms with Crippen molar-refractivity contribution in [2.24, 2.45) is 12.8 Å². The smallest absolute Gasteiger partial charge is 0.225 e. The summed E-state index contributed by atoms with van der Waals surface area (Å²) in [5, 5.41) is 5.58. The highest BCUT2D eigenvalue weighted by Crippen LogP contribution is 2.35. The summed E-state index contributed by atoms with van der Waals surface area (Å²) in [6.45, 7) is 3.59. The Bertz CT molecular complexity index is 1310. The highest BCUT2D eigenvalue weighted by atomic mass is 19.1. The predicted molar refractivity (Wildman–Crippen MR) is 126 cm³/mol. The van der Waals surface area contributed by atoms with Gasteiger partial charge in [0.1, 0.15) is 5.82 Å². The average molecular weight is 432 g/mol. The van der Waals surface area contributed by atoms with E-state index in [1.807, 2.05) is 37.0 Å². The molecule has 1 saturated heterocycles. The topological polar surface area (TPSA) is 98.9 Å². The number of halogens is 1. The Balaban J connectivity index is 1.66. The van der Waals surface area contributed by atoms with E-state index >= 15 is 0 Å². The Labute approximate surface area is 185 Å². The lowest BCUT2D eigenvalue weighted by Crippen LogP contribution is -2.40. The SMILES string of the molecule is Cc1nn(C)c2ccc(-c3cnc(N4CCC(N)CC4)nc3-c3ccc(N)c(F)c3)cc12. The van der Waals surface area contributed by atoms with Crippen molar-refractivity contribution in [3.63, 3.8) is 0 Å². The fourth-order valence-electron chi connectivity index (χ4n) is 4.34. The number of aromatic nitrogens is 4. The fraction of sp³-hybridized carbons (Fsp3) is 0.292. The lowest BCUT2D eigenvalue weighted by atomic mass is 9.99. The average Bonchev–Trinajstić information content (AvgIpc) is 3.08. The van der Waals surface area contributed by atoms with E-state index in [-0.39, 0.29) is 11.7 Å². The number of nitrogen functional groups attached to an aromatic ring is 1. The Morgan fingerprint density at radius 1 is 1.06 bits per heavy atom. The van der Waals surface area contributed by atoms with Crippen molar-refractivity contribution < 1.29 is 4.39 Å². The van der Waals surface area contributed by atoms with Gasteiger partial charge < -0.3 is 16.4 Å². The van der Waals surface area contributed by atoms with Crippen LogP contribution in [-0.4, -0.2) is 38.9 Å². The third kappa shape index (κ3) is 3.56. The molecule has 1 aliphatic rings. The zero-order valence-electron chi connectivity index (χ0n) is 18.2. The molecule has 1 aliphatic heterocycles. The second kappa shape index (κ2) is 7.87. The molecule has 7 nitrogen and oxygen atoms in total. The molecule has 0 radical (unpaired) electrons. The van der Waals surface area contributed by atoms with E-state index in [9.17, 15) is 4.39 Å². The minimum Gasteiger partial charge on any atom is -0.396 e. The first-order chi connectivity index (χ1) is 15.4. The van der Waals surface area contributed by atoms with E-state index < -0.39 is 5.82 Å². The maximum absolute atomic E-state index is 14.4. The summed E-state index contributed by atoms with van der Waals surface area (Å²) >= 11 is 0. The number of aryl methyl sites for hydroxylation is 2. The molecule has 3 heterocycles. The van der Waals surface area contributed by atoms with E-state index in [4.69, 9.17) is 16.5 Å². The first-order valence-electron chi connectivity index (χ1n) is 10.8. The first-order valence-corrected chi connectivity index (χ1v) is 10.8. The van der Waals surface area contributed by atoms with E-state index in [0.717, 1.165) is 53.7 Å². The van der Waals surface area contributed by atoms with Crippen LogP contribution in [0.3, 0.4) is 0 Å². The molecule has 0 aliphatic carbocycles. The van der Waals surface area contributed by atoms with Crippen molar-refractivity contribution >= 4 is 22.5 Å². The molecule has 2 aromatic carbocycles. The van der Waals surface area contributed by atoms with Gasteiger partial charge in [0.25, 0.3) is 0 Å². The Morgan fingerprint density at radius 3 is 2.56 bits per heavy atom. The van der Waals surface area contributed by atoms with Crippen LogP contribution in [0.2, 0.25) is 0 Å². The number of nitrogens with zero attached hydrogens (tertiary/aromatic N) is 5. The summed E-state index contributed by atoms with van der Waals surface area (Å²) in [6.07, 6.45) is 3.62. The van der Waals surface area contributed by atoms with Gasteiger partial charge in [0.05, 0.1) is 22.6 Å². The van der Waals surface area contributed by atoms with Gasteiger partial charge in [-0.05, 0) is 49.6 Å². The summed E-state index contributed by atoms with van der Waals surface area (Å²) in [5.41, 5.74) is 17.0. The van der Waals surface area contributed by atoms with Crippen LogP contribution in [0.5, 0.6) is 0 Å². The van der Waals surface area contributed by atoms with Crippen molar-refractivity contribution in [2.45, 2.75) is 25.8 Å². The number of hydrogen-bond donors (Lipinski definition) is 2. The molecule has 164 valence electrons. The van der Waals surface area contributed by atoms with Crippen LogP contribution in [-0.2, 0) is 7.05 Å². The molecule has 1 fully saturated rings. The first kappa shape index (κ1) is 20.4. The van der Waals surface area contributed by atoms with Gasteiger partial charge in [-0.3, -0.25) is 4.68 Å². The van der Waals surface area contributed by atoms with Crippen molar-refractivity contribution in [1.82, 2.24) is 19.7 Å². The normalized spacial score (nSPS) is 14.9. The zero-order valence-corrected chi connectivity index (χ0v) is 18.2. The van der Waals surface area contributed by atoms with Gasteiger partial charge in [-0.15, -0.1) is 0 Å². The van der Waals surface area contributed by atoms with Crippen LogP contribution in [0.25, 0.3) is 33.3 Å². The molecule has 0 atom stereocenters. The Kier molecular flexibility index (Phi) is 5.01. The molecular formula is C24H26FN7. The maximum atomic E-state index is 14.4. The molecule has 8 heteroatoms. The van der Waals surface area contributed by atoms with Gasteiger partial charge in [0.2, 0.25) is 5.95 Å². The fourth-order valence-corrected chi connectivity index (χ4v) is 4.34. The molecule has 0 bridgehead atoms. The minimum absolute atomic E-state index is 0.113. The van der Waals surface area contributed by atoms with Gasteiger partial charge >= 0.3 is 0 Å². The number of rotatable bonds is 3. The van der Waals surface area contributed by atoms with Gasteiger partial charge in [-0.25, -0.2) is 14.4 Å². The number of anilines is 2. The van der Waals surface area contributed by atoms with Crippen LogP contribution in [0.15, 0.2) is 42.6 Å². The number of fused-ring (bicyclic) bond motifs is 1. The molecule has 0 spiro atoms. The predicted octanol–water partition coefficient (Wildman–Crippen LogP) is 3.65. The van der Waals surface area contributed by atoms with Crippen molar-refractivity contribution in [2.75, 3.05) is 23.7 Å². The number of hydrogen-bond acceptors (Lipinski definition) is 6. The molecule has 4 N–H and O–H groups in total. The lowest BCUT2D eigenvalue weighted by molar-refractivity contribution is 0.495. The number of benzene rings is 2. The van der Waals surface area contributed by atoms with Crippen molar-refractivity contribution in [3.05, 3.63) is 54.1 Å². The largest absolute Gasteiger partial charge is 0.396 e. The highest BCUT2D eigenvalue weighted by molar-refractivity contribution is 5.90. The molecule has 0 amide bonds. The molecule has 32 heavy (non-hydrogen) atoms. The summed E-state index contributed by atoms with van der Waals surface area (Å²) < 4.78 is 16.2. The summed E-state index contributed by atoms with van der Waals surface area (Å²) in [6, 6.07) is 11.2.